The van der Waals surface area contributed by atoms with Gasteiger partial charge < -0.3 is 5.11 Å². The first kappa shape index (κ1) is 7.77. The Morgan fingerprint density at radius 1 is 1.73 bits per heavy atom. The van der Waals surface area contributed by atoms with Gasteiger partial charge in [-0.15, -0.1) is 6.42 Å². The van der Waals surface area contributed by atoms with Crippen LogP contribution in [0.2, 0.25) is 0 Å². The summed E-state index contributed by atoms with van der Waals surface area (Å²) in [6, 6.07) is 1.72. The van der Waals surface area contributed by atoms with Gasteiger partial charge in [0.2, 0.25) is 0 Å². The Morgan fingerprint density at radius 3 is 3.00 bits per heavy atom. The van der Waals surface area contributed by atoms with Gasteiger partial charge in [0.15, 0.2) is 0 Å². The molecule has 0 bridgehead atoms. The van der Waals surface area contributed by atoms with Crippen molar-refractivity contribution in [1.29, 1.82) is 0 Å². The van der Waals surface area contributed by atoms with Crippen LogP contribution in [-0.2, 0) is 6.61 Å². The van der Waals surface area contributed by atoms with E-state index in [0.717, 1.165) is 11.1 Å². The largest absolute Gasteiger partial charge is 0.392 e. The first-order valence-electron chi connectivity index (χ1n) is 3.31. The van der Waals surface area contributed by atoms with Crippen LogP contribution in [0.3, 0.4) is 0 Å². The van der Waals surface area contributed by atoms with E-state index < -0.39 is 0 Å². The second-order valence-electron chi connectivity index (χ2n) is 2.30. The molecule has 0 radical (unpaired) electrons. The number of rotatable bonds is 1. The zero-order valence-corrected chi connectivity index (χ0v) is 6.33. The Labute approximate surface area is 65.9 Å². The molecule has 2 nitrogen and oxygen atoms in total. The number of aliphatic hydroxyl groups excluding tert-OH is 1. The van der Waals surface area contributed by atoms with Crippen LogP contribution in [0.25, 0.3) is 0 Å². The first-order valence-corrected chi connectivity index (χ1v) is 3.31. The van der Waals surface area contributed by atoms with Gasteiger partial charge in [-0.2, -0.15) is 0 Å². The predicted molar refractivity (Wildman–Crippen MR) is 42.8 cm³/mol. The van der Waals surface area contributed by atoms with Gasteiger partial charge in [0.25, 0.3) is 0 Å². The molecule has 1 aromatic rings. The summed E-state index contributed by atoms with van der Waals surface area (Å²) in [6.07, 6.45) is 6.80. The van der Waals surface area contributed by atoms with Crippen LogP contribution < -0.4 is 0 Å². The summed E-state index contributed by atoms with van der Waals surface area (Å²) in [5.41, 5.74) is 2.37. The first-order chi connectivity index (χ1) is 5.27. The molecule has 0 fully saturated rings. The SMILES string of the molecule is C#Cc1cc(CO)c(C)cn1. The number of aryl methyl sites for hydroxylation is 1. The van der Waals surface area contributed by atoms with Crippen molar-refractivity contribution in [2.45, 2.75) is 13.5 Å². The predicted octanol–water partition coefficient (Wildman–Crippen LogP) is 0.864. The Kier molecular flexibility index (Phi) is 2.25. The topological polar surface area (TPSA) is 33.1 Å². The van der Waals surface area contributed by atoms with Crippen molar-refractivity contribution in [2.75, 3.05) is 0 Å². The summed E-state index contributed by atoms with van der Waals surface area (Å²) in [5.74, 6) is 2.41. The Balaban J connectivity index is 3.15. The molecule has 0 saturated heterocycles. The fourth-order valence-electron chi connectivity index (χ4n) is 0.815. The van der Waals surface area contributed by atoms with Crippen LogP contribution >= 0.6 is 0 Å². The van der Waals surface area contributed by atoms with E-state index in [1.165, 1.54) is 0 Å². The van der Waals surface area contributed by atoms with Crippen molar-refractivity contribution in [3.05, 3.63) is 29.1 Å². The third kappa shape index (κ3) is 1.57. The van der Waals surface area contributed by atoms with Crippen LogP contribution in [-0.4, -0.2) is 10.1 Å². The molecule has 0 atom stereocenters. The van der Waals surface area contributed by atoms with Gasteiger partial charge in [-0.25, -0.2) is 4.98 Å². The van der Waals surface area contributed by atoms with Crippen molar-refractivity contribution in [1.82, 2.24) is 4.98 Å². The zero-order chi connectivity index (χ0) is 8.27. The number of nitrogens with zero attached hydrogens (tertiary/aromatic N) is 1. The third-order valence-electron chi connectivity index (χ3n) is 1.53. The van der Waals surface area contributed by atoms with Crippen LogP contribution in [0.4, 0.5) is 0 Å². The Hall–Kier alpha value is -1.33. The molecule has 1 aromatic heterocycles. The standard InChI is InChI=1S/C9H9NO/c1-3-9-4-8(6-11)7(2)5-10-9/h1,4-5,11H,6H2,2H3. The monoisotopic (exact) mass is 147 g/mol. The van der Waals surface area contributed by atoms with Crippen LogP contribution in [0, 0.1) is 19.3 Å². The normalized spacial score (nSPS) is 9.18. The molecule has 0 unspecified atom stereocenters. The molecule has 0 aliphatic rings. The lowest BCUT2D eigenvalue weighted by atomic mass is 10.1. The molecule has 1 heterocycles. The molecule has 0 amide bonds. The lowest BCUT2D eigenvalue weighted by molar-refractivity contribution is 0.281. The van der Waals surface area contributed by atoms with Gasteiger partial charge in [-0.1, -0.05) is 5.92 Å². The molecule has 1 N–H and O–H groups in total. The molecule has 0 aromatic carbocycles. The highest BCUT2D eigenvalue weighted by Gasteiger charge is 1.97. The van der Waals surface area contributed by atoms with Crippen molar-refractivity contribution in [3.63, 3.8) is 0 Å². The van der Waals surface area contributed by atoms with E-state index in [4.69, 9.17) is 11.5 Å². The maximum Gasteiger partial charge on any atom is 0.113 e. The molecule has 56 valence electrons. The van der Waals surface area contributed by atoms with E-state index in [1.807, 2.05) is 6.92 Å². The van der Waals surface area contributed by atoms with E-state index in [0.29, 0.717) is 5.69 Å². The Bertz CT molecular complexity index is 299. The van der Waals surface area contributed by atoms with E-state index in [2.05, 4.69) is 10.9 Å². The highest BCUT2D eigenvalue weighted by Crippen LogP contribution is 2.06. The van der Waals surface area contributed by atoms with Crippen LogP contribution in [0.15, 0.2) is 12.3 Å². The maximum absolute atomic E-state index is 8.84. The summed E-state index contributed by atoms with van der Waals surface area (Å²) in [6.45, 7) is 1.90. The fraction of sp³-hybridized carbons (Fsp3) is 0.222. The number of aromatic nitrogens is 1. The van der Waals surface area contributed by atoms with Crippen LogP contribution in [0.5, 0.6) is 0 Å². The minimum atomic E-state index is 0.0169. The average Bonchev–Trinajstić information content (AvgIpc) is 2.05. The second-order valence-corrected chi connectivity index (χ2v) is 2.30. The molecular formula is C9H9NO. The van der Waals surface area contributed by atoms with E-state index in [-0.39, 0.29) is 6.61 Å². The lowest BCUT2D eigenvalue weighted by Gasteiger charge is -2.00. The summed E-state index contributed by atoms with van der Waals surface area (Å²) in [7, 11) is 0. The van der Waals surface area contributed by atoms with Gasteiger partial charge in [-0.05, 0) is 24.1 Å². The third-order valence-corrected chi connectivity index (χ3v) is 1.53. The highest BCUT2D eigenvalue weighted by molar-refractivity contribution is 5.32. The molecule has 1 rings (SSSR count). The maximum atomic E-state index is 8.84. The lowest BCUT2D eigenvalue weighted by Crippen LogP contribution is -1.92. The van der Waals surface area contributed by atoms with Crippen molar-refractivity contribution in [3.8, 4) is 12.3 Å². The zero-order valence-electron chi connectivity index (χ0n) is 6.33. The number of terminal acetylenes is 1. The number of hydrogen-bond donors (Lipinski definition) is 1. The van der Waals surface area contributed by atoms with E-state index in [1.54, 1.807) is 12.3 Å². The van der Waals surface area contributed by atoms with Crippen molar-refractivity contribution < 1.29 is 5.11 Å². The molecule has 0 aliphatic carbocycles. The average molecular weight is 147 g/mol. The quantitative estimate of drug-likeness (QED) is 0.598. The van der Waals surface area contributed by atoms with Crippen molar-refractivity contribution in [2.24, 2.45) is 0 Å². The minimum absolute atomic E-state index is 0.0169. The summed E-state index contributed by atoms with van der Waals surface area (Å²) in [5, 5.41) is 8.84. The molecule has 2 heteroatoms. The molecule has 0 spiro atoms. The molecule has 11 heavy (non-hydrogen) atoms. The number of hydrogen-bond acceptors (Lipinski definition) is 2. The van der Waals surface area contributed by atoms with Crippen LogP contribution in [0.1, 0.15) is 16.8 Å². The summed E-state index contributed by atoms with van der Waals surface area (Å²) < 4.78 is 0. The van der Waals surface area contributed by atoms with Crippen molar-refractivity contribution >= 4 is 0 Å². The van der Waals surface area contributed by atoms with Gasteiger partial charge in [-0.3, -0.25) is 0 Å². The van der Waals surface area contributed by atoms with Gasteiger partial charge >= 0.3 is 0 Å². The smallest absolute Gasteiger partial charge is 0.113 e. The summed E-state index contributed by atoms with van der Waals surface area (Å²) in [4.78, 5) is 3.96. The fourth-order valence-corrected chi connectivity index (χ4v) is 0.815. The van der Waals surface area contributed by atoms with Gasteiger partial charge in [0.1, 0.15) is 5.69 Å². The summed E-state index contributed by atoms with van der Waals surface area (Å²) >= 11 is 0. The Morgan fingerprint density at radius 2 is 2.45 bits per heavy atom. The number of pyridine rings is 1. The van der Waals surface area contributed by atoms with E-state index in [9.17, 15) is 0 Å². The molecular weight excluding hydrogens is 138 g/mol. The molecule has 0 saturated carbocycles. The molecule has 0 aliphatic heterocycles. The van der Waals surface area contributed by atoms with Gasteiger partial charge in [0, 0.05) is 6.20 Å². The minimum Gasteiger partial charge on any atom is -0.392 e. The highest BCUT2D eigenvalue weighted by atomic mass is 16.3. The van der Waals surface area contributed by atoms with E-state index >= 15 is 0 Å². The van der Waals surface area contributed by atoms with Gasteiger partial charge in [0.05, 0.1) is 6.61 Å². The number of aliphatic hydroxyl groups is 1. The second kappa shape index (κ2) is 3.18.